The number of hydrogen-bond donors (Lipinski definition) is 3. The van der Waals surface area contributed by atoms with Crippen molar-refractivity contribution < 1.29 is 43.5 Å². The molecule has 0 radical (unpaired) electrons. The Bertz CT molecular complexity index is 1460. The Balaban J connectivity index is 1.30. The zero-order valence-electron chi connectivity index (χ0n) is 29.4. The lowest BCUT2D eigenvalue weighted by atomic mass is 9.97. The molecule has 2 amide bonds. The lowest BCUT2D eigenvalue weighted by Crippen LogP contribution is -2.46. The van der Waals surface area contributed by atoms with Crippen LogP contribution in [0.25, 0.3) is 6.08 Å². The number of methoxy groups -OCH3 is 1. The second kappa shape index (κ2) is 22.7. The molecule has 276 valence electrons. The maximum Gasteiger partial charge on any atom is 0.407 e. The van der Waals surface area contributed by atoms with Crippen LogP contribution >= 0.6 is 0 Å². The summed E-state index contributed by atoms with van der Waals surface area (Å²) in [6, 6.07) is 25.9. The van der Waals surface area contributed by atoms with E-state index < -0.39 is 30.4 Å². The minimum Gasteiger partial charge on any atom is -0.447 e. The SMILES string of the molecule is COCCOCCOCCOCCOC(=O)N[C@@H](Cc1ccccc1)[C@@H](O)CCC(=O)N(CC=Cc1ccccc1)[C@H]1c2ccccc2C[C@H]1O. The molecule has 1 aliphatic carbocycles. The molecular formula is C40H52N2O9. The largest absolute Gasteiger partial charge is 0.447 e. The quantitative estimate of drug-likeness (QED) is 0.123. The van der Waals surface area contributed by atoms with Crippen molar-refractivity contribution in [3.05, 3.63) is 113 Å². The van der Waals surface area contributed by atoms with Crippen LogP contribution in [-0.2, 0) is 41.3 Å². The lowest BCUT2D eigenvalue weighted by Gasteiger charge is -2.32. The molecule has 0 saturated heterocycles. The van der Waals surface area contributed by atoms with E-state index in [4.69, 9.17) is 23.7 Å². The topological polar surface area (TPSA) is 136 Å². The minimum atomic E-state index is -1.05. The van der Waals surface area contributed by atoms with Crippen molar-refractivity contribution in [2.45, 2.75) is 50.0 Å². The average molecular weight is 705 g/mol. The zero-order valence-corrected chi connectivity index (χ0v) is 29.4. The Morgan fingerprint density at radius 2 is 1.45 bits per heavy atom. The second-order valence-electron chi connectivity index (χ2n) is 12.3. The summed E-state index contributed by atoms with van der Waals surface area (Å²) in [5.74, 6) is -0.201. The van der Waals surface area contributed by atoms with Crippen molar-refractivity contribution >= 4 is 18.1 Å². The van der Waals surface area contributed by atoms with E-state index in [9.17, 15) is 19.8 Å². The maximum atomic E-state index is 13.9. The van der Waals surface area contributed by atoms with E-state index in [2.05, 4.69) is 5.32 Å². The summed E-state index contributed by atoms with van der Waals surface area (Å²) in [5, 5.41) is 25.3. The highest BCUT2D eigenvalue weighted by Gasteiger charge is 2.37. The van der Waals surface area contributed by atoms with E-state index in [1.165, 1.54) is 0 Å². The molecule has 0 fully saturated rings. The molecule has 3 N–H and O–H groups in total. The summed E-state index contributed by atoms with van der Waals surface area (Å²) >= 11 is 0. The van der Waals surface area contributed by atoms with Gasteiger partial charge >= 0.3 is 6.09 Å². The van der Waals surface area contributed by atoms with E-state index in [0.717, 1.165) is 22.3 Å². The second-order valence-corrected chi connectivity index (χ2v) is 12.3. The van der Waals surface area contributed by atoms with Crippen LogP contribution in [0.2, 0.25) is 0 Å². The summed E-state index contributed by atoms with van der Waals surface area (Å²) in [5.41, 5.74) is 3.87. The fourth-order valence-electron chi connectivity index (χ4n) is 6.00. The summed E-state index contributed by atoms with van der Waals surface area (Å²) < 4.78 is 26.5. The fourth-order valence-corrected chi connectivity index (χ4v) is 6.00. The highest BCUT2D eigenvalue weighted by Crippen LogP contribution is 2.36. The van der Waals surface area contributed by atoms with Gasteiger partial charge in [-0.1, -0.05) is 97.1 Å². The van der Waals surface area contributed by atoms with Crippen LogP contribution in [0.4, 0.5) is 4.79 Å². The molecule has 0 aliphatic heterocycles. The van der Waals surface area contributed by atoms with Gasteiger partial charge in [0.1, 0.15) is 6.61 Å². The number of aliphatic hydroxyl groups is 2. The van der Waals surface area contributed by atoms with Crippen LogP contribution in [0, 0.1) is 0 Å². The van der Waals surface area contributed by atoms with Crippen LogP contribution in [0.5, 0.6) is 0 Å². The van der Waals surface area contributed by atoms with E-state index in [1.54, 1.807) is 12.0 Å². The van der Waals surface area contributed by atoms with Gasteiger partial charge < -0.3 is 44.1 Å². The molecule has 0 unspecified atom stereocenters. The molecule has 4 atom stereocenters. The van der Waals surface area contributed by atoms with Gasteiger partial charge in [0.15, 0.2) is 0 Å². The Morgan fingerprint density at radius 3 is 2.14 bits per heavy atom. The predicted octanol–water partition coefficient (Wildman–Crippen LogP) is 4.36. The summed E-state index contributed by atoms with van der Waals surface area (Å²) in [7, 11) is 1.62. The van der Waals surface area contributed by atoms with Gasteiger partial charge in [-0.3, -0.25) is 4.79 Å². The number of benzene rings is 3. The van der Waals surface area contributed by atoms with Crippen molar-refractivity contribution in [3.8, 4) is 0 Å². The maximum absolute atomic E-state index is 13.9. The van der Waals surface area contributed by atoms with Gasteiger partial charge in [-0.05, 0) is 35.1 Å². The zero-order chi connectivity index (χ0) is 36.1. The number of fused-ring (bicyclic) bond motifs is 1. The van der Waals surface area contributed by atoms with E-state index in [0.29, 0.717) is 52.5 Å². The van der Waals surface area contributed by atoms with Crippen LogP contribution in [0.1, 0.15) is 41.1 Å². The molecule has 4 rings (SSSR count). The monoisotopic (exact) mass is 704 g/mol. The third-order valence-electron chi connectivity index (χ3n) is 8.59. The van der Waals surface area contributed by atoms with Gasteiger partial charge in [-0.25, -0.2) is 4.79 Å². The molecule has 51 heavy (non-hydrogen) atoms. The Morgan fingerprint density at radius 1 is 0.843 bits per heavy atom. The molecule has 0 aromatic heterocycles. The molecular weight excluding hydrogens is 652 g/mol. The minimum absolute atomic E-state index is 0.0168. The predicted molar refractivity (Wildman–Crippen MR) is 194 cm³/mol. The van der Waals surface area contributed by atoms with Crippen LogP contribution in [-0.4, -0.2) is 112 Å². The smallest absolute Gasteiger partial charge is 0.407 e. The Kier molecular flexibility index (Phi) is 17.6. The number of ether oxygens (including phenoxy) is 5. The molecule has 0 saturated carbocycles. The lowest BCUT2D eigenvalue weighted by molar-refractivity contribution is -0.136. The number of carbonyl (C=O) groups is 2. The van der Waals surface area contributed by atoms with E-state index in [-0.39, 0.29) is 38.5 Å². The average Bonchev–Trinajstić information content (AvgIpc) is 3.48. The van der Waals surface area contributed by atoms with Gasteiger partial charge in [-0.2, -0.15) is 0 Å². The van der Waals surface area contributed by atoms with Crippen molar-refractivity contribution in [2.75, 3.05) is 66.5 Å². The summed E-state index contributed by atoms with van der Waals surface area (Å²) in [6.45, 7) is 3.20. The number of hydrogen-bond acceptors (Lipinski definition) is 9. The first kappa shape index (κ1) is 39.7. The molecule has 0 spiro atoms. The molecule has 3 aromatic carbocycles. The molecule has 3 aromatic rings. The van der Waals surface area contributed by atoms with E-state index in [1.807, 2.05) is 97.1 Å². The standard InChI is InChI=1S/C40H52N2O9/c1-47-21-22-48-23-24-49-25-26-50-27-28-51-40(46)41-35(29-32-13-6-3-7-14-32)36(43)18-19-38(45)42(20-10-15-31-11-4-2-5-12-31)39-34-17-9-8-16-33(34)30-37(39)44/h2-17,35-37,39,43-44H,18-30H2,1H3,(H,41,46)/t35-,36-,37+,39-/m0/s1. The van der Waals surface area contributed by atoms with Gasteiger partial charge in [0.2, 0.25) is 5.91 Å². The Hall–Kier alpha value is -4.10. The number of aliphatic hydroxyl groups excluding tert-OH is 2. The van der Waals surface area contributed by atoms with E-state index >= 15 is 0 Å². The number of amides is 2. The number of nitrogens with zero attached hydrogens (tertiary/aromatic N) is 1. The van der Waals surface area contributed by atoms with Gasteiger partial charge in [-0.15, -0.1) is 0 Å². The van der Waals surface area contributed by atoms with Crippen molar-refractivity contribution in [3.63, 3.8) is 0 Å². The molecule has 1 aliphatic rings. The van der Waals surface area contributed by atoms with Crippen LogP contribution < -0.4 is 5.32 Å². The number of nitrogens with one attached hydrogen (secondary N) is 1. The van der Waals surface area contributed by atoms with Gasteiger partial charge in [0.05, 0.1) is 70.5 Å². The van der Waals surface area contributed by atoms with Gasteiger partial charge in [0.25, 0.3) is 0 Å². The fraction of sp³-hybridized carbons (Fsp3) is 0.450. The van der Waals surface area contributed by atoms with Crippen molar-refractivity contribution in [2.24, 2.45) is 0 Å². The number of carbonyl (C=O) groups excluding carboxylic acids is 2. The van der Waals surface area contributed by atoms with Gasteiger partial charge in [0, 0.05) is 26.5 Å². The molecule has 0 heterocycles. The van der Waals surface area contributed by atoms with Crippen LogP contribution in [0.3, 0.4) is 0 Å². The highest BCUT2D eigenvalue weighted by molar-refractivity contribution is 5.77. The van der Waals surface area contributed by atoms with Crippen molar-refractivity contribution in [1.29, 1.82) is 0 Å². The Labute approximate surface area is 301 Å². The first-order valence-corrected chi connectivity index (χ1v) is 17.6. The summed E-state index contributed by atoms with van der Waals surface area (Å²) in [6.07, 6.45) is 2.32. The molecule has 11 heteroatoms. The molecule has 11 nitrogen and oxygen atoms in total. The van der Waals surface area contributed by atoms with Crippen molar-refractivity contribution in [1.82, 2.24) is 10.2 Å². The normalized spacial score (nSPS) is 16.5. The third-order valence-corrected chi connectivity index (χ3v) is 8.59. The first-order chi connectivity index (χ1) is 25.0. The summed E-state index contributed by atoms with van der Waals surface area (Å²) in [4.78, 5) is 28.4. The van der Waals surface area contributed by atoms with Crippen LogP contribution in [0.15, 0.2) is 91.0 Å². The number of alkyl carbamates (subject to hydrolysis) is 1. The first-order valence-electron chi connectivity index (χ1n) is 17.6. The highest BCUT2D eigenvalue weighted by atomic mass is 16.6. The molecule has 0 bridgehead atoms. The third kappa shape index (κ3) is 13.9. The number of rotatable bonds is 23.